The first-order chi connectivity index (χ1) is 6.65. The number of carbonyl (C=O) groups excluding carboxylic acids is 1. The Balaban J connectivity index is 4.06. The number of aldehydes is 1. The van der Waals surface area contributed by atoms with Crippen LogP contribution in [0.1, 0.15) is 27.2 Å². The van der Waals surface area contributed by atoms with E-state index in [0.29, 0.717) is 13.0 Å². The molecule has 1 unspecified atom stereocenters. The maximum Gasteiger partial charge on any atom is 0.155 e. The molecule has 0 aliphatic rings. The van der Waals surface area contributed by atoms with E-state index in [4.69, 9.17) is 9.47 Å². The van der Waals surface area contributed by atoms with Gasteiger partial charge in [0.1, 0.15) is 6.29 Å². The Morgan fingerprint density at radius 3 is 2.50 bits per heavy atom. The van der Waals surface area contributed by atoms with Crippen molar-refractivity contribution in [3.05, 3.63) is 12.7 Å². The van der Waals surface area contributed by atoms with Gasteiger partial charge in [0.05, 0.1) is 6.10 Å². The highest BCUT2D eigenvalue weighted by molar-refractivity contribution is 5.53. The van der Waals surface area contributed by atoms with Gasteiger partial charge in [0, 0.05) is 12.5 Å². The average Bonchev–Trinajstić information content (AvgIpc) is 2.16. The lowest BCUT2D eigenvalue weighted by Gasteiger charge is -2.23. The topological polar surface area (TPSA) is 35.5 Å². The summed E-state index contributed by atoms with van der Waals surface area (Å²) in [5, 5.41) is 0. The maximum absolute atomic E-state index is 10.6. The van der Waals surface area contributed by atoms with Crippen molar-refractivity contribution in [3.63, 3.8) is 0 Å². The van der Waals surface area contributed by atoms with Crippen LogP contribution in [-0.4, -0.2) is 25.3 Å². The van der Waals surface area contributed by atoms with Crippen LogP contribution in [0.4, 0.5) is 0 Å². The van der Waals surface area contributed by atoms with Crippen LogP contribution in [0.15, 0.2) is 12.7 Å². The minimum atomic E-state index is -0.271. The third kappa shape index (κ3) is 5.14. The van der Waals surface area contributed by atoms with Gasteiger partial charge in [-0.05, 0) is 20.3 Å². The fourth-order valence-electron chi connectivity index (χ4n) is 1.17. The molecule has 0 N–H and O–H groups in total. The lowest BCUT2D eigenvalue weighted by Crippen LogP contribution is -2.28. The highest BCUT2D eigenvalue weighted by Gasteiger charge is 2.18. The number of rotatable bonds is 8. The first kappa shape index (κ1) is 13.3. The minimum Gasteiger partial charge on any atom is -0.353 e. The van der Waals surface area contributed by atoms with Crippen LogP contribution in [-0.2, 0) is 14.3 Å². The van der Waals surface area contributed by atoms with Crippen molar-refractivity contribution in [2.24, 2.45) is 5.92 Å². The average molecular weight is 200 g/mol. The minimum absolute atomic E-state index is 0.129. The third-order valence-corrected chi connectivity index (χ3v) is 1.97. The molecule has 0 aromatic rings. The molecule has 3 atom stereocenters. The Bertz CT molecular complexity index is 168. The molecule has 0 spiro atoms. The first-order valence-electron chi connectivity index (χ1n) is 4.98. The molecule has 0 aromatic carbocycles. The van der Waals surface area contributed by atoms with Gasteiger partial charge in [0.2, 0.25) is 0 Å². The van der Waals surface area contributed by atoms with Gasteiger partial charge in [-0.25, -0.2) is 0 Å². The van der Waals surface area contributed by atoms with E-state index in [1.807, 2.05) is 20.8 Å². The van der Waals surface area contributed by atoms with Crippen LogP contribution < -0.4 is 0 Å². The zero-order valence-electron chi connectivity index (χ0n) is 9.23. The second kappa shape index (κ2) is 7.71. The Morgan fingerprint density at radius 2 is 2.07 bits per heavy atom. The summed E-state index contributed by atoms with van der Waals surface area (Å²) < 4.78 is 10.8. The normalized spacial score (nSPS) is 17.1. The van der Waals surface area contributed by atoms with Gasteiger partial charge in [-0.3, -0.25) is 0 Å². The number of hydrogen-bond acceptors (Lipinski definition) is 3. The molecule has 0 amide bonds. The SMILES string of the molecule is C=CC[C@H](OC(C)OCC)[C@@H](C)C=O. The molecule has 0 aliphatic heterocycles. The van der Waals surface area contributed by atoms with E-state index in [2.05, 4.69) is 6.58 Å². The Hall–Kier alpha value is -0.670. The van der Waals surface area contributed by atoms with Gasteiger partial charge in [-0.1, -0.05) is 13.0 Å². The smallest absolute Gasteiger partial charge is 0.155 e. The van der Waals surface area contributed by atoms with Gasteiger partial charge in [0.15, 0.2) is 6.29 Å². The molecular weight excluding hydrogens is 180 g/mol. The van der Waals surface area contributed by atoms with E-state index in [0.717, 1.165) is 6.29 Å². The maximum atomic E-state index is 10.6. The van der Waals surface area contributed by atoms with Gasteiger partial charge in [-0.2, -0.15) is 0 Å². The highest BCUT2D eigenvalue weighted by atomic mass is 16.7. The first-order valence-corrected chi connectivity index (χ1v) is 4.98. The van der Waals surface area contributed by atoms with E-state index < -0.39 is 0 Å². The lowest BCUT2D eigenvalue weighted by atomic mass is 10.0. The predicted molar refractivity (Wildman–Crippen MR) is 56.0 cm³/mol. The number of hydrogen-bond donors (Lipinski definition) is 0. The quantitative estimate of drug-likeness (QED) is 0.342. The summed E-state index contributed by atoms with van der Waals surface area (Å²) in [5.74, 6) is -0.129. The molecule has 3 nitrogen and oxygen atoms in total. The third-order valence-electron chi connectivity index (χ3n) is 1.97. The summed E-state index contributed by atoms with van der Waals surface area (Å²) in [6.45, 7) is 9.81. The van der Waals surface area contributed by atoms with Crippen LogP contribution in [0.2, 0.25) is 0 Å². The highest BCUT2D eigenvalue weighted by Crippen LogP contribution is 2.13. The molecule has 0 aliphatic carbocycles. The fourth-order valence-corrected chi connectivity index (χ4v) is 1.17. The second-order valence-corrected chi connectivity index (χ2v) is 3.22. The molecule has 0 heterocycles. The molecule has 3 heteroatoms. The van der Waals surface area contributed by atoms with E-state index >= 15 is 0 Å². The molecule has 14 heavy (non-hydrogen) atoms. The van der Waals surface area contributed by atoms with Crippen molar-refractivity contribution in [1.29, 1.82) is 0 Å². The van der Waals surface area contributed by atoms with E-state index in [1.54, 1.807) is 6.08 Å². The van der Waals surface area contributed by atoms with E-state index in [1.165, 1.54) is 0 Å². The molecule has 0 fully saturated rings. The van der Waals surface area contributed by atoms with E-state index in [9.17, 15) is 4.79 Å². The lowest BCUT2D eigenvalue weighted by molar-refractivity contribution is -0.168. The summed E-state index contributed by atoms with van der Waals surface area (Å²) in [7, 11) is 0. The van der Waals surface area contributed by atoms with Crippen LogP contribution in [0.25, 0.3) is 0 Å². The monoisotopic (exact) mass is 200 g/mol. The summed E-state index contributed by atoms with van der Waals surface area (Å²) in [6, 6.07) is 0. The van der Waals surface area contributed by atoms with Crippen molar-refractivity contribution < 1.29 is 14.3 Å². The summed E-state index contributed by atoms with van der Waals surface area (Å²) in [4.78, 5) is 10.6. The van der Waals surface area contributed by atoms with Gasteiger partial charge >= 0.3 is 0 Å². The Kier molecular flexibility index (Phi) is 7.34. The Labute approximate surface area is 86.1 Å². The standard InChI is InChI=1S/C11H20O3/c1-5-7-11(9(3)8-12)14-10(4)13-6-2/h5,8-11H,1,6-7H2,2-4H3/t9-,10?,11-/m0/s1. The molecule has 0 aromatic heterocycles. The molecule has 0 bridgehead atoms. The zero-order valence-corrected chi connectivity index (χ0v) is 9.23. The van der Waals surface area contributed by atoms with Crippen molar-refractivity contribution in [2.45, 2.75) is 39.6 Å². The number of ether oxygens (including phenoxy) is 2. The molecule has 0 radical (unpaired) electrons. The van der Waals surface area contributed by atoms with Crippen molar-refractivity contribution in [1.82, 2.24) is 0 Å². The molecule has 0 saturated heterocycles. The predicted octanol–water partition coefficient (Wildman–Crippen LogP) is 2.17. The fraction of sp³-hybridized carbons (Fsp3) is 0.727. The molecular formula is C11H20O3. The van der Waals surface area contributed by atoms with Crippen molar-refractivity contribution in [3.8, 4) is 0 Å². The number of carbonyl (C=O) groups is 1. The van der Waals surface area contributed by atoms with E-state index in [-0.39, 0.29) is 18.3 Å². The van der Waals surface area contributed by atoms with Crippen molar-refractivity contribution in [2.75, 3.05) is 6.61 Å². The van der Waals surface area contributed by atoms with Crippen LogP contribution >= 0.6 is 0 Å². The van der Waals surface area contributed by atoms with Crippen LogP contribution in [0.5, 0.6) is 0 Å². The van der Waals surface area contributed by atoms with Crippen molar-refractivity contribution >= 4 is 6.29 Å². The second-order valence-electron chi connectivity index (χ2n) is 3.22. The van der Waals surface area contributed by atoms with Gasteiger partial charge < -0.3 is 14.3 Å². The van der Waals surface area contributed by atoms with Crippen LogP contribution in [0.3, 0.4) is 0 Å². The molecule has 0 saturated carbocycles. The van der Waals surface area contributed by atoms with Gasteiger partial charge in [-0.15, -0.1) is 6.58 Å². The van der Waals surface area contributed by atoms with Crippen LogP contribution in [0, 0.1) is 5.92 Å². The summed E-state index contributed by atoms with van der Waals surface area (Å²) in [6.07, 6.45) is 2.91. The largest absolute Gasteiger partial charge is 0.353 e. The summed E-state index contributed by atoms with van der Waals surface area (Å²) in [5.41, 5.74) is 0. The van der Waals surface area contributed by atoms with Gasteiger partial charge in [0.25, 0.3) is 0 Å². The zero-order chi connectivity index (χ0) is 11.0. The molecule has 0 rings (SSSR count). The molecule has 82 valence electrons. The summed E-state index contributed by atoms with van der Waals surface area (Å²) >= 11 is 0. The Morgan fingerprint density at radius 1 is 1.43 bits per heavy atom.